The summed E-state index contributed by atoms with van der Waals surface area (Å²) in [7, 11) is 0. The van der Waals surface area contributed by atoms with Crippen LogP contribution in [0.1, 0.15) is 24.2 Å². The van der Waals surface area contributed by atoms with E-state index in [0.29, 0.717) is 30.1 Å². The van der Waals surface area contributed by atoms with E-state index in [-0.39, 0.29) is 6.03 Å². The number of hydrogen-bond donors (Lipinski definition) is 2. The van der Waals surface area contributed by atoms with E-state index < -0.39 is 11.8 Å². The topological polar surface area (TPSA) is 94.5 Å². The van der Waals surface area contributed by atoms with Crippen LogP contribution in [0.4, 0.5) is 10.5 Å². The van der Waals surface area contributed by atoms with Gasteiger partial charge in [0.2, 0.25) is 5.79 Å². The number of carbonyl (C=O) groups excluding carboxylic acids is 2. The van der Waals surface area contributed by atoms with Gasteiger partial charge < -0.3 is 24.7 Å². The van der Waals surface area contributed by atoms with Crippen LogP contribution in [0.15, 0.2) is 60.9 Å². The predicted octanol–water partition coefficient (Wildman–Crippen LogP) is 4.30. The minimum atomic E-state index is -1.05. The number of pyridine rings is 1. The Morgan fingerprint density at radius 2 is 1.88 bits per heavy atom. The van der Waals surface area contributed by atoms with E-state index in [0.717, 1.165) is 21.8 Å². The molecule has 0 saturated carbocycles. The van der Waals surface area contributed by atoms with Crippen LogP contribution >= 0.6 is 0 Å². The Morgan fingerprint density at radius 1 is 1.06 bits per heavy atom. The van der Waals surface area contributed by atoms with Crippen molar-refractivity contribution in [3.63, 3.8) is 0 Å². The molecule has 0 radical (unpaired) electrons. The molecule has 2 aromatic heterocycles. The maximum absolute atomic E-state index is 12.5. The summed E-state index contributed by atoms with van der Waals surface area (Å²) in [6, 6.07) is 14.7. The molecule has 162 valence electrons. The quantitative estimate of drug-likeness (QED) is 0.471. The normalized spacial score (nSPS) is 14.5. The highest BCUT2D eigenvalue weighted by Gasteiger charge is 2.33. The largest absolute Gasteiger partial charge is 0.452 e. The summed E-state index contributed by atoms with van der Waals surface area (Å²) in [5, 5.41) is 7.96. The molecular formula is C24H22N4O4. The molecule has 8 nitrogen and oxygen atoms in total. The van der Waals surface area contributed by atoms with Crippen LogP contribution in [-0.4, -0.2) is 33.9 Å². The number of benzene rings is 2. The lowest BCUT2D eigenvalue weighted by atomic mass is 10.1. The number of cyclic esters (lactones) is 1. The number of esters is 1. The number of aromatic nitrogens is 2. The van der Waals surface area contributed by atoms with Gasteiger partial charge in [-0.1, -0.05) is 18.2 Å². The molecule has 32 heavy (non-hydrogen) atoms. The number of hydrogen-bond acceptors (Lipinski definition) is 5. The maximum Gasteiger partial charge on any atom is 0.345 e. The van der Waals surface area contributed by atoms with Crippen molar-refractivity contribution < 1.29 is 19.1 Å². The van der Waals surface area contributed by atoms with Gasteiger partial charge in [0, 0.05) is 61.2 Å². The number of anilines is 1. The van der Waals surface area contributed by atoms with Crippen molar-refractivity contribution in [3.05, 3.63) is 66.5 Å². The van der Waals surface area contributed by atoms with Crippen LogP contribution in [0.25, 0.3) is 21.8 Å². The molecule has 8 heteroatoms. The highest BCUT2D eigenvalue weighted by atomic mass is 16.7. The highest BCUT2D eigenvalue weighted by Crippen LogP contribution is 2.33. The maximum atomic E-state index is 12.5. The number of carbonyl (C=O) groups is 2. The SMILES string of the molecule is CC1(C)OC(=O)c2ccc(NC(=O)NCCn3c4ccccc4c4ccncc43)cc2O1. The first-order chi connectivity index (χ1) is 15.4. The van der Waals surface area contributed by atoms with E-state index in [2.05, 4.69) is 32.3 Å². The zero-order chi connectivity index (χ0) is 22.3. The third kappa shape index (κ3) is 3.60. The monoisotopic (exact) mass is 430 g/mol. The number of fused-ring (bicyclic) bond motifs is 4. The Labute approximate surface area is 184 Å². The van der Waals surface area contributed by atoms with Crippen LogP contribution in [-0.2, 0) is 11.3 Å². The molecule has 0 unspecified atom stereocenters. The molecule has 2 amide bonds. The van der Waals surface area contributed by atoms with E-state index in [1.165, 1.54) is 0 Å². The van der Waals surface area contributed by atoms with Gasteiger partial charge in [0.15, 0.2) is 0 Å². The van der Waals surface area contributed by atoms with Gasteiger partial charge in [-0.25, -0.2) is 9.59 Å². The van der Waals surface area contributed by atoms with E-state index in [1.807, 2.05) is 24.4 Å². The second-order valence-electron chi connectivity index (χ2n) is 8.04. The molecule has 0 atom stereocenters. The smallest absolute Gasteiger partial charge is 0.345 e. The lowest BCUT2D eigenvalue weighted by Crippen LogP contribution is -2.39. The van der Waals surface area contributed by atoms with Gasteiger partial charge in [-0.05, 0) is 24.3 Å². The number of nitrogens with zero attached hydrogens (tertiary/aromatic N) is 2. The first-order valence-corrected chi connectivity index (χ1v) is 10.3. The van der Waals surface area contributed by atoms with Crippen molar-refractivity contribution in [3.8, 4) is 5.75 Å². The van der Waals surface area contributed by atoms with Gasteiger partial charge in [0.1, 0.15) is 11.3 Å². The molecule has 0 saturated heterocycles. The third-order valence-corrected chi connectivity index (χ3v) is 5.35. The molecule has 0 fully saturated rings. The van der Waals surface area contributed by atoms with E-state index in [4.69, 9.17) is 9.47 Å². The van der Waals surface area contributed by atoms with Crippen LogP contribution < -0.4 is 15.4 Å². The van der Waals surface area contributed by atoms with Gasteiger partial charge in [-0.15, -0.1) is 0 Å². The van der Waals surface area contributed by atoms with Crippen molar-refractivity contribution in [2.24, 2.45) is 0 Å². The van der Waals surface area contributed by atoms with E-state index >= 15 is 0 Å². The lowest BCUT2D eigenvalue weighted by Gasteiger charge is -2.31. The van der Waals surface area contributed by atoms with E-state index in [1.54, 1.807) is 38.2 Å². The summed E-state index contributed by atoms with van der Waals surface area (Å²) in [6.07, 6.45) is 3.63. The number of nitrogens with one attached hydrogen (secondary N) is 2. The number of amides is 2. The van der Waals surface area contributed by atoms with Crippen molar-refractivity contribution in [1.29, 1.82) is 0 Å². The summed E-state index contributed by atoms with van der Waals surface area (Å²) in [5.74, 6) is -1.13. The minimum Gasteiger partial charge on any atom is -0.452 e. The Kier molecular flexibility index (Phi) is 4.70. The molecule has 0 spiro atoms. The zero-order valence-electron chi connectivity index (χ0n) is 17.7. The molecular weight excluding hydrogens is 408 g/mol. The number of rotatable bonds is 4. The Morgan fingerprint density at radius 3 is 2.75 bits per heavy atom. The first-order valence-electron chi connectivity index (χ1n) is 10.3. The fourth-order valence-electron chi connectivity index (χ4n) is 4.01. The van der Waals surface area contributed by atoms with Gasteiger partial charge >= 0.3 is 12.0 Å². The number of para-hydroxylation sites is 1. The second-order valence-corrected chi connectivity index (χ2v) is 8.04. The Balaban J connectivity index is 1.27. The van der Waals surface area contributed by atoms with Crippen LogP contribution in [0.3, 0.4) is 0 Å². The standard InChI is InChI=1S/C24H22N4O4/c1-24(2)31-21-13-15(7-8-18(21)22(29)32-24)27-23(30)26-11-12-28-19-6-4-3-5-16(19)17-9-10-25-14-20(17)28/h3-10,13-14H,11-12H2,1-2H3,(H2,26,27,30). The molecule has 0 bridgehead atoms. The zero-order valence-corrected chi connectivity index (χ0v) is 17.7. The fourth-order valence-corrected chi connectivity index (χ4v) is 4.01. The first kappa shape index (κ1) is 19.9. The second kappa shape index (κ2) is 7.56. The highest BCUT2D eigenvalue weighted by molar-refractivity contribution is 6.07. The molecule has 5 rings (SSSR count). The Hall–Kier alpha value is -4.07. The molecule has 3 heterocycles. The fraction of sp³-hybridized carbons (Fsp3) is 0.208. The summed E-state index contributed by atoms with van der Waals surface area (Å²) in [5.41, 5.74) is 2.97. The Bertz CT molecular complexity index is 1310. The lowest BCUT2D eigenvalue weighted by molar-refractivity contribution is -0.127. The summed E-state index contributed by atoms with van der Waals surface area (Å²) in [6.45, 7) is 4.33. The van der Waals surface area contributed by atoms with Crippen molar-refractivity contribution in [2.75, 3.05) is 11.9 Å². The van der Waals surface area contributed by atoms with Crippen molar-refractivity contribution >= 4 is 39.5 Å². The van der Waals surface area contributed by atoms with Crippen LogP contribution in [0.5, 0.6) is 5.75 Å². The van der Waals surface area contributed by atoms with Crippen molar-refractivity contribution in [2.45, 2.75) is 26.2 Å². The van der Waals surface area contributed by atoms with Crippen LogP contribution in [0.2, 0.25) is 0 Å². The van der Waals surface area contributed by atoms with Gasteiger partial charge in [-0.2, -0.15) is 0 Å². The van der Waals surface area contributed by atoms with Crippen LogP contribution in [0, 0.1) is 0 Å². The number of urea groups is 1. The average molecular weight is 430 g/mol. The molecule has 2 N–H and O–H groups in total. The summed E-state index contributed by atoms with van der Waals surface area (Å²) >= 11 is 0. The van der Waals surface area contributed by atoms with Gasteiger partial charge in [0.25, 0.3) is 0 Å². The van der Waals surface area contributed by atoms with Gasteiger partial charge in [-0.3, -0.25) is 4.98 Å². The minimum absolute atomic E-state index is 0.329. The van der Waals surface area contributed by atoms with Gasteiger partial charge in [0.05, 0.1) is 11.7 Å². The molecule has 4 aromatic rings. The summed E-state index contributed by atoms with van der Waals surface area (Å²) in [4.78, 5) is 28.8. The molecule has 1 aliphatic rings. The molecule has 1 aliphatic heterocycles. The summed E-state index contributed by atoms with van der Waals surface area (Å²) < 4.78 is 13.1. The number of ether oxygens (including phenoxy) is 2. The third-order valence-electron chi connectivity index (χ3n) is 5.35. The van der Waals surface area contributed by atoms with Crippen molar-refractivity contribution in [1.82, 2.24) is 14.9 Å². The molecule has 2 aromatic carbocycles. The van der Waals surface area contributed by atoms with E-state index in [9.17, 15) is 9.59 Å². The average Bonchev–Trinajstić information content (AvgIpc) is 3.07. The molecule has 0 aliphatic carbocycles. The predicted molar refractivity (Wildman–Crippen MR) is 121 cm³/mol.